The molecule has 0 aliphatic heterocycles. The van der Waals surface area contributed by atoms with Crippen molar-refractivity contribution in [1.82, 2.24) is 5.32 Å². The Hall–Kier alpha value is -2.84. The van der Waals surface area contributed by atoms with Crippen molar-refractivity contribution in [1.29, 1.82) is 0 Å². The van der Waals surface area contributed by atoms with Crippen LogP contribution in [0.5, 0.6) is 0 Å². The Labute approximate surface area is 387 Å². The molecule has 3 unspecified atom stereocenters. The number of phosphoric acid groups is 1. The number of likely N-dealkylation sites (N-methyl/N-ethyl adjacent to an activating group) is 1. The molecule has 0 aromatic carbocycles. The highest BCUT2D eigenvalue weighted by atomic mass is 31.2. The number of amides is 1. The minimum absolute atomic E-state index is 0.0186. The standard InChI is InChI=1S/C54H93N2O6P/c1-6-8-10-12-14-16-18-20-22-24-25-26-27-28-29-30-31-32-34-36-38-40-42-44-46-48-54(58)55-52(51-62-63(59,60)61-50-49-56(3,4)5)53(57)47-45-43-41-39-37-35-33-23-21-19-17-15-13-11-9-7-2/h8,10,14,16,20-23,25-26,28-29,31-32,37,39,45,47,52-53,57H,6-7,9,11-13,15,17-19,24,27,30,33-36,38,40-44,46,48-51H2,1-5H3,(H-,55,58,59,60)/b10-8-,16-14-,22-20-,23-21+,26-25-,29-28-,32-31-,39-37+,47-45+. The number of carbonyl (C=O) groups excluding carboxylic acids is 1. The fourth-order valence-corrected chi connectivity index (χ4v) is 7.03. The van der Waals surface area contributed by atoms with Crippen LogP contribution in [0.25, 0.3) is 0 Å². The quantitative estimate of drug-likeness (QED) is 0.0273. The molecule has 0 radical (unpaired) electrons. The number of hydrogen-bond acceptors (Lipinski definition) is 6. The number of allylic oxidation sites excluding steroid dienone is 17. The van der Waals surface area contributed by atoms with Gasteiger partial charge in [-0.15, -0.1) is 0 Å². The first-order chi connectivity index (χ1) is 30.5. The number of rotatable bonds is 43. The molecule has 2 N–H and O–H groups in total. The average Bonchev–Trinajstić information content (AvgIpc) is 3.24. The molecule has 0 spiro atoms. The Morgan fingerprint density at radius 2 is 0.984 bits per heavy atom. The summed E-state index contributed by atoms with van der Waals surface area (Å²) < 4.78 is 23.2. The summed E-state index contributed by atoms with van der Waals surface area (Å²) in [6, 6.07) is -0.925. The highest BCUT2D eigenvalue weighted by Gasteiger charge is 2.23. The van der Waals surface area contributed by atoms with Crippen LogP contribution in [-0.2, 0) is 18.4 Å². The molecule has 3 atom stereocenters. The number of aliphatic hydroxyl groups excluding tert-OH is 1. The average molecular weight is 897 g/mol. The van der Waals surface area contributed by atoms with Crippen LogP contribution >= 0.6 is 7.82 Å². The molecule has 0 saturated carbocycles. The van der Waals surface area contributed by atoms with Gasteiger partial charge in [-0.3, -0.25) is 9.36 Å². The third-order valence-corrected chi connectivity index (χ3v) is 11.2. The van der Waals surface area contributed by atoms with E-state index in [1.165, 1.54) is 44.9 Å². The molecule has 360 valence electrons. The van der Waals surface area contributed by atoms with Crippen LogP contribution in [0.3, 0.4) is 0 Å². The number of hydrogen-bond donors (Lipinski definition) is 2. The first-order valence-corrected chi connectivity index (χ1v) is 26.2. The van der Waals surface area contributed by atoms with Crippen LogP contribution in [0.15, 0.2) is 109 Å². The van der Waals surface area contributed by atoms with Gasteiger partial charge in [-0.05, 0) is 96.3 Å². The highest BCUT2D eigenvalue weighted by molar-refractivity contribution is 7.45. The monoisotopic (exact) mass is 897 g/mol. The van der Waals surface area contributed by atoms with Gasteiger partial charge in [0.25, 0.3) is 7.82 Å². The molecule has 1 amide bonds. The largest absolute Gasteiger partial charge is 0.756 e. The number of nitrogens with one attached hydrogen (secondary N) is 1. The first-order valence-electron chi connectivity index (χ1n) is 24.7. The zero-order valence-corrected chi connectivity index (χ0v) is 41.6. The number of carbonyl (C=O) groups is 1. The number of phosphoric ester groups is 1. The van der Waals surface area contributed by atoms with E-state index in [1.54, 1.807) is 6.08 Å². The van der Waals surface area contributed by atoms with Crippen molar-refractivity contribution in [3.63, 3.8) is 0 Å². The number of nitrogens with zero attached hydrogens (tertiary/aromatic N) is 1. The molecular formula is C54H93N2O6P. The minimum Gasteiger partial charge on any atom is -0.756 e. The van der Waals surface area contributed by atoms with E-state index in [2.05, 4.69) is 116 Å². The van der Waals surface area contributed by atoms with Crippen molar-refractivity contribution in [3.8, 4) is 0 Å². The molecule has 0 fully saturated rings. The van der Waals surface area contributed by atoms with E-state index in [1.807, 2.05) is 27.2 Å². The number of unbranched alkanes of at least 4 members (excludes halogenated alkanes) is 14. The molecule has 0 rings (SSSR count). The van der Waals surface area contributed by atoms with Gasteiger partial charge in [-0.1, -0.05) is 181 Å². The van der Waals surface area contributed by atoms with E-state index >= 15 is 0 Å². The maximum Gasteiger partial charge on any atom is 0.268 e. The Balaban J connectivity index is 4.44. The molecule has 9 heteroatoms. The lowest BCUT2D eigenvalue weighted by atomic mass is 10.1. The van der Waals surface area contributed by atoms with Crippen molar-refractivity contribution < 1.29 is 32.9 Å². The van der Waals surface area contributed by atoms with Gasteiger partial charge in [-0.2, -0.15) is 0 Å². The van der Waals surface area contributed by atoms with Gasteiger partial charge in [0.1, 0.15) is 13.2 Å². The predicted molar refractivity (Wildman–Crippen MR) is 269 cm³/mol. The minimum atomic E-state index is -4.62. The lowest BCUT2D eigenvalue weighted by molar-refractivity contribution is -0.870. The van der Waals surface area contributed by atoms with Gasteiger partial charge in [0.15, 0.2) is 0 Å². The van der Waals surface area contributed by atoms with E-state index in [-0.39, 0.29) is 12.5 Å². The first kappa shape index (κ1) is 60.2. The summed E-state index contributed by atoms with van der Waals surface area (Å²) in [6.07, 6.45) is 64.3. The van der Waals surface area contributed by atoms with Gasteiger partial charge in [0.2, 0.25) is 5.91 Å². The molecule has 0 saturated heterocycles. The molecule has 0 aromatic rings. The fourth-order valence-electron chi connectivity index (χ4n) is 6.30. The van der Waals surface area contributed by atoms with Crippen molar-refractivity contribution in [3.05, 3.63) is 109 Å². The summed E-state index contributed by atoms with van der Waals surface area (Å²) in [5.41, 5.74) is 0. The van der Waals surface area contributed by atoms with Crippen molar-refractivity contribution in [2.24, 2.45) is 0 Å². The summed E-state index contributed by atoms with van der Waals surface area (Å²) in [7, 11) is 1.20. The van der Waals surface area contributed by atoms with Gasteiger partial charge < -0.3 is 28.8 Å². The molecule has 0 heterocycles. The van der Waals surface area contributed by atoms with Crippen LogP contribution in [-0.4, -0.2) is 68.5 Å². The zero-order valence-electron chi connectivity index (χ0n) is 40.7. The summed E-state index contributed by atoms with van der Waals surface area (Å²) in [6.45, 7) is 4.46. The topological polar surface area (TPSA) is 108 Å². The maximum atomic E-state index is 12.9. The number of aliphatic hydroxyl groups is 1. The van der Waals surface area contributed by atoms with Crippen molar-refractivity contribution in [2.45, 2.75) is 187 Å². The Bertz CT molecular complexity index is 1390. The van der Waals surface area contributed by atoms with Crippen LogP contribution in [0.2, 0.25) is 0 Å². The SMILES string of the molecule is CC/C=C\C/C=C\C/C=C\C/C=C\C/C=C\C/C=C\CCCCCCCCC(=O)NC(COP(=O)([O-])OCC[N+](C)(C)C)C(O)/C=C/CC/C=C/CC/C=C/CCCCCCCC. The van der Waals surface area contributed by atoms with Gasteiger partial charge >= 0.3 is 0 Å². The molecule has 0 aliphatic carbocycles. The second-order valence-electron chi connectivity index (χ2n) is 17.4. The third-order valence-electron chi connectivity index (χ3n) is 10.2. The number of quaternary nitrogens is 1. The summed E-state index contributed by atoms with van der Waals surface area (Å²) in [4.78, 5) is 25.4. The summed E-state index contributed by atoms with van der Waals surface area (Å²) in [5, 5.41) is 13.8. The van der Waals surface area contributed by atoms with Gasteiger partial charge in [0.05, 0.1) is 39.9 Å². The summed E-state index contributed by atoms with van der Waals surface area (Å²) >= 11 is 0. The lowest BCUT2D eigenvalue weighted by Gasteiger charge is -2.29. The molecule has 0 aromatic heterocycles. The van der Waals surface area contributed by atoms with E-state index < -0.39 is 26.6 Å². The molecule has 8 nitrogen and oxygen atoms in total. The van der Waals surface area contributed by atoms with Crippen molar-refractivity contribution >= 4 is 13.7 Å². The Morgan fingerprint density at radius 1 is 0.571 bits per heavy atom. The van der Waals surface area contributed by atoms with Crippen molar-refractivity contribution in [2.75, 3.05) is 40.9 Å². The van der Waals surface area contributed by atoms with Crippen LogP contribution in [0, 0.1) is 0 Å². The molecule has 0 bridgehead atoms. The Morgan fingerprint density at radius 3 is 1.48 bits per heavy atom. The Kier molecular flexibility index (Phi) is 42.4. The fraction of sp³-hybridized carbons (Fsp3) is 0.648. The van der Waals surface area contributed by atoms with Crippen LogP contribution < -0.4 is 10.2 Å². The van der Waals surface area contributed by atoms with E-state index in [0.29, 0.717) is 17.4 Å². The molecular weight excluding hydrogens is 804 g/mol. The normalized spacial score (nSPS) is 15.1. The van der Waals surface area contributed by atoms with Gasteiger partial charge in [0, 0.05) is 6.42 Å². The zero-order chi connectivity index (χ0) is 46.4. The van der Waals surface area contributed by atoms with Crippen LogP contribution in [0.1, 0.15) is 174 Å². The predicted octanol–water partition coefficient (Wildman–Crippen LogP) is 13.8. The van der Waals surface area contributed by atoms with E-state index in [9.17, 15) is 19.4 Å². The molecule has 63 heavy (non-hydrogen) atoms. The highest BCUT2D eigenvalue weighted by Crippen LogP contribution is 2.38. The smallest absolute Gasteiger partial charge is 0.268 e. The summed E-state index contributed by atoms with van der Waals surface area (Å²) in [5.74, 6) is -0.232. The van der Waals surface area contributed by atoms with E-state index in [0.717, 1.165) is 109 Å². The second-order valence-corrected chi connectivity index (χ2v) is 18.8. The van der Waals surface area contributed by atoms with Gasteiger partial charge in [-0.25, -0.2) is 0 Å². The lowest BCUT2D eigenvalue weighted by Crippen LogP contribution is -2.45. The van der Waals surface area contributed by atoms with Crippen LogP contribution in [0.4, 0.5) is 0 Å². The third kappa shape index (κ3) is 47.0. The maximum absolute atomic E-state index is 12.9. The molecule has 0 aliphatic rings. The van der Waals surface area contributed by atoms with E-state index in [4.69, 9.17) is 9.05 Å². The second kappa shape index (κ2) is 44.4.